The van der Waals surface area contributed by atoms with Crippen LogP contribution in [0.1, 0.15) is 17.2 Å². The first-order valence-electron chi connectivity index (χ1n) is 5.33. The quantitative estimate of drug-likeness (QED) is 0.797. The SMILES string of the molecule is COC(=O)C(c1ccccc1)c1nccnc1Cl. The predicted octanol–water partition coefficient (Wildman–Crippen LogP) is 2.43. The molecule has 0 saturated carbocycles. The zero-order chi connectivity index (χ0) is 13.0. The molecule has 1 unspecified atom stereocenters. The standard InChI is InChI=1S/C13H11ClN2O2/c1-18-13(17)10(9-5-3-2-4-6-9)11-12(14)16-8-7-15-11/h2-8,10H,1H3. The molecule has 1 heterocycles. The molecule has 18 heavy (non-hydrogen) atoms. The van der Waals surface area contributed by atoms with Crippen molar-refractivity contribution in [2.24, 2.45) is 0 Å². The van der Waals surface area contributed by atoms with Gasteiger partial charge in [0.2, 0.25) is 0 Å². The summed E-state index contributed by atoms with van der Waals surface area (Å²) in [7, 11) is 1.34. The molecule has 0 fully saturated rings. The summed E-state index contributed by atoms with van der Waals surface area (Å²) in [5.74, 6) is -1.07. The Morgan fingerprint density at radius 2 is 1.89 bits per heavy atom. The van der Waals surface area contributed by atoms with Crippen LogP contribution in [-0.4, -0.2) is 23.0 Å². The fourth-order valence-electron chi connectivity index (χ4n) is 1.69. The van der Waals surface area contributed by atoms with Crippen LogP contribution in [0.2, 0.25) is 5.15 Å². The van der Waals surface area contributed by atoms with Gasteiger partial charge in [0.05, 0.1) is 12.8 Å². The van der Waals surface area contributed by atoms with Gasteiger partial charge in [-0.1, -0.05) is 41.9 Å². The van der Waals surface area contributed by atoms with Crippen molar-refractivity contribution < 1.29 is 9.53 Å². The van der Waals surface area contributed by atoms with Crippen molar-refractivity contribution in [2.75, 3.05) is 7.11 Å². The molecule has 0 spiro atoms. The molecule has 0 radical (unpaired) electrons. The van der Waals surface area contributed by atoms with E-state index in [2.05, 4.69) is 9.97 Å². The molecule has 1 atom stereocenters. The van der Waals surface area contributed by atoms with Crippen LogP contribution in [0.15, 0.2) is 42.7 Å². The molecule has 0 bridgehead atoms. The fourth-order valence-corrected chi connectivity index (χ4v) is 1.91. The molecule has 92 valence electrons. The lowest BCUT2D eigenvalue weighted by Crippen LogP contribution is -2.17. The Morgan fingerprint density at radius 1 is 1.22 bits per heavy atom. The number of carbonyl (C=O) groups is 1. The number of ether oxygens (including phenoxy) is 1. The zero-order valence-electron chi connectivity index (χ0n) is 9.71. The van der Waals surface area contributed by atoms with Crippen molar-refractivity contribution in [3.8, 4) is 0 Å². The highest BCUT2D eigenvalue weighted by Crippen LogP contribution is 2.28. The number of carbonyl (C=O) groups excluding carboxylic acids is 1. The van der Waals surface area contributed by atoms with Gasteiger partial charge in [-0.05, 0) is 5.56 Å². The Bertz CT molecular complexity index is 546. The number of benzene rings is 1. The molecular weight excluding hydrogens is 252 g/mol. The first-order chi connectivity index (χ1) is 8.74. The number of halogens is 1. The normalized spacial score (nSPS) is 11.9. The van der Waals surface area contributed by atoms with Crippen LogP contribution in [0.25, 0.3) is 0 Å². The Hall–Kier alpha value is -1.94. The van der Waals surface area contributed by atoms with Crippen molar-refractivity contribution in [1.82, 2.24) is 9.97 Å². The predicted molar refractivity (Wildman–Crippen MR) is 67.3 cm³/mol. The molecule has 1 aromatic carbocycles. The molecule has 0 aliphatic heterocycles. The van der Waals surface area contributed by atoms with Gasteiger partial charge in [-0.3, -0.25) is 9.78 Å². The van der Waals surface area contributed by atoms with Crippen LogP contribution in [0.4, 0.5) is 0 Å². The van der Waals surface area contributed by atoms with Crippen molar-refractivity contribution in [1.29, 1.82) is 0 Å². The third kappa shape index (κ3) is 2.49. The third-order valence-electron chi connectivity index (χ3n) is 2.52. The monoisotopic (exact) mass is 262 g/mol. The average Bonchev–Trinajstić information content (AvgIpc) is 2.42. The maximum absolute atomic E-state index is 11.9. The highest BCUT2D eigenvalue weighted by molar-refractivity contribution is 6.30. The Morgan fingerprint density at radius 3 is 2.50 bits per heavy atom. The summed E-state index contributed by atoms with van der Waals surface area (Å²) >= 11 is 5.99. The summed E-state index contributed by atoms with van der Waals surface area (Å²) in [6, 6.07) is 9.21. The average molecular weight is 263 g/mol. The zero-order valence-corrected chi connectivity index (χ0v) is 10.5. The van der Waals surface area contributed by atoms with E-state index in [0.29, 0.717) is 5.69 Å². The van der Waals surface area contributed by atoms with Crippen LogP contribution < -0.4 is 0 Å². The van der Waals surface area contributed by atoms with E-state index in [-0.39, 0.29) is 5.15 Å². The number of methoxy groups -OCH3 is 1. The van der Waals surface area contributed by atoms with Crippen molar-refractivity contribution in [3.63, 3.8) is 0 Å². The Labute approximate surface area is 110 Å². The molecule has 5 heteroatoms. The van der Waals surface area contributed by atoms with E-state index in [1.165, 1.54) is 19.5 Å². The van der Waals surface area contributed by atoms with Gasteiger partial charge in [0, 0.05) is 12.4 Å². The van der Waals surface area contributed by atoms with Crippen LogP contribution in [0.3, 0.4) is 0 Å². The lowest BCUT2D eigenvalue weighted by molar-refractivity contribution is -0.141. The number of hydrogen-bond donors (Lipinski definition) is 0. The second-order valence-corrected chi connectivity index (χ2v) is 3.96. The highest BCUT2D eigenvalue weighted by Gasteiger charge is 2.27. The van der Waals surface area contributed by atoms with E-state index >= 15 is 0 Å². The number of esters is 1. The van der Waals surface area contributed by atoms with Gasteiger partial charge in [-0.2, -0.15) is 0 Å². The molecule has 0 N–H and O–H groups in total. The molecule has 0 aliphatic rings. The van der Waals surface area contributed by atoms with Gasteiger partial charge >= 0.3 is 5.97 Å². The largest absolute Gasteiger partial charge is 0.468 e. The summed E-state index contributed by atoms with van der Waals surface area (Å²) in [4.78, 5) is 20.0. The van der Waals surface area contributed by atoms with Crippen LogP contribution >= 0.6 is 11.6 Å². The van der Waals surface area contributed by atoms with Gasteiger partial charge in [-0.15, -0.1) is 0 Å². The van der Waals surface area contributed by atoms with E-state index in [0.717, 1.165) is 5.56 Å². The van der Waals surface area contributed by atoms with E-state index in [9.17, 15) is 4.79 Å². The maximum Gasteiger partial charge on any atom is 0.319 e. The number of nitrogens with zero attached hydrogens (tertiary/aromatic N) is 2. The number of rotatable bonds is 3. The van der Waals surface area contributed by atoms with Gasteiger partial charge in [0.25, 0.3) is 0 Å². The summed E-state index contributed by atoms with van der Waals surface area (Å²) < 4.78 is 4.81. The summed E-state index contributed by atoms with van der Waals surface area (Å²) in [5.41, 5.74) is 1.17. The molecule has 0 saturated heterocycles. The van der Waals surface area contributed by atoms with E-state index < -0.39 is 11.9 Å². The molecule has 4 nitrogen and oxygen atoms in total. The van der Waals surface area contributed by atoms with E-state index in [1.807, 2.05) is 30.3 Å². The molecular formula is C13H11ClN2O2. The first-order valence-corrected chi connectivity index (χ1v) is 5.71. The highest BCUT2D eigenvalue weighted by atomic mass is 35.5. The molecule has 0 aliphatic carbocycles. The molecule has 2 rings (SSSR count). The lowest BCUT2D eigenvalue weighted by atomic mass is 9.96. The summed E-state index contributed by atoms with van der Waals surface area (Å²) in [6.07, 6.45) is 2.98. The topological polar surface area (TPSA) is 52.1 Å². The molecule has 1 aromatic heterocycles. The minimum absolute atomic E-state index is 0.205. The smallest absolute Gasteiger partial charge is 0.319 e. The van der Waals surface area contributed by atoms with Crippen molar-refractivity contribution >= 4 is 17.6 Å². The molecule has 2 aromatic rings. The Kier molecular flexibility index (Phi) is 3.89. The van der Waals surface area contributed by atoms with Crippen molar-refractivity contribution in [3.05, 3.63) is 59.1 Å². The maximum atomic E-state index is 11.9. The van der Waals surface area contributed by atoms with Crippen molar-refractivity contribution in [2.45, 2.75) is 5.92 Å². The first kappa shape index (κ1) is 12.5. The number of hydrogen-bond acceptors (Lipinski definition) is 4. The lowest BCUT2D eigenvalue weighted by Gasteiger charge is -2.14. The van der Waals surface area contributed by atoms with Gasteiger partial charge < -0.3 is 4.74 Å². The van der Waals surface area contributed by atoms with Gasteiger partial charge in [0.15, 0.2) is 5.15 Å². The minimum atomic E-state index is -0.655. The van der Waals surface area contributed by atoms with Crippen LogP contribution in [-0.2, 0) is 9.53 Å². The van der Waals surface area contributed by atoms with Crippen LogP contribution in [0, 0.1) is 0 Å². The minimum Gasteiger partial charge on any atom is -0.468 e. The number of aromatic nitrogens is 2. The van der Waals surface area contributed by atoms with Gasteiger partial charge in [0.1, 0.15) is 5.92 Å². The summed E-state index contributed by atoms with van der Waals surface area (Å²) in [5, 5.41) is 0.205. The van der Waals surface area contributed by atoms with E-state index in [1.54, 1.807) is 0 Å². The summed E-state index contributed by atoms with van der Waals surface area (Å²) in [6.45, 7) is 0. The molecule has 0 amide bonds. The van der Waals surface area contributed by atoms with Crippen LogP contribution in [0.5, 0.6) is 0 Å². The third-order valence-corrected chi connectivity index (χ3v) is 2.81. The second kappa shape index (κ2) is 5.60. The van der Waals surface area contributed by atoms with E-state index in [4.69, 9.17) is 16.3 Å². The Balaban J connectivity index is 2.51. The second-order valence-electron chi connectivity index (χ2n) is 3.60. The van der Waals surface area contributed by atoms with Gasteiger partial charge in [-0.25, -0.2) is 4.98 Å². The fraction of sp³-hybridized carbons (Fsp3) is 0.154.